The average Bonchev–Trinajstić information content (AvgIpc) is 3.12. The fraction of sp³-hybridized carbons (Fsp3) is 0.286. The molecular weight excluding hydrogens is 391 g/mol. The summed E-state index contributed by atoms with van der Waals surface area (Å²) in [7, 11) is 0. The van der Waals surface area contributed by atoms with Crippen LogP contribution in [0.5, 0.6) is 0 Å². The van der Waals surface area contributed by atoms with Gasteiger partial charge in [0, 0.05) is 11.6 Å². The van der Waals surface area contributed by atoms with Gasteiger partial charge in [-0.15, -0.1) is 0 Å². The molecule has 2 heterocycles. The summed E-state index contributed by atoms with van der Waals surface area (Å²) in [6, 6.07) is 13.5. The Kier molecular flexibility index (Phi) is 5.82. The second kappa shape index (κ2) is 8.67. The van der Waals surface area contributed by atoms with Gasteiger partial charge in [0.05, 0.1) is 16.8 Å². The number of likely N-dealkylation sites (tertiary alicyclic amines) is 1. The van der Waals surface area contributed by atoms with E-state index in [2.05, 4.69) is 15.6 Å². The third-order valence-corrected chi connectivity index (χ3v) is 5.93. The van der Waals surface area contributed by atoms with Crippen molar-refractivity contribution in [1.82, 2.24) is 9.88 Å². The Morgan fingerprint density at radius 3 is 2.52 bits per heavy atom. The first-order valence-corrected chi connectivity index (χ1v) is 10.3. The molecule has 0 spiro atoms. The topological polar surface area (TPSA) is 74.3 Å². The molecule has 6 nitrogen and oxygen atoms in total. The normalized spacial score (nSPS) is 15.3. The molecule has 0 saturated carbocycles. The third kappa shape index (κ3) is 4.96. The zero-order valence-corrected chi connectivity index (χ0v) is 16.5. The number of para-hydroxylation sites is 1. The molecule has 1 aliphatic rings. The molecule has 150 valence electrons. The highest BCUT2D eigenvalue weighted by atomic mass is 32.1. The maximum Gasteiger partial charge on any atom is 0.240 e. The third-order valence-electron chi connectivity index (χ3n) is 4.98. The number of benzene rings is 2. The maximum atomic E-state index is 13.0. The Bertz CT molecular complexity index is 980. The van der Waals surface area contributed by atoms with E-state index < -0.39 is 0 Å². The van der Waals surface area contributed by atoms with Crippen LogP contribution in [0.3, 0.4) is 0 Å². The summed E-state index contributed by atoms with van der Waals surface area (Å²) < 4.78 is 14.0. The van der Waals surface area contributed by atoms with Crippen molar-refractivity contribution in [3.8, 4) is 0 Å². The molecule has 1 aromatic heterocycles. The Morgan fingerprint density at radius 2 is 1.79 bits per heavy atom. The fourth-order valence-corrected chi connectivity index (χ4v) is 4.30. The number of carbonyl (C=O) groups excluding carboxylic acids is 2. The molecule has 1 aliphatic heterocycles. The lowest BCUT2D eigenvalue weighted by Crippen LogP contribution is -2.41. The molecule has 1 saturated heterocycles. The Morgan fingerprint density at radius 1 is 1.07 bits per heavy atom. The minimum absolute atomic E-state index is 0.0600. The number of carbonyl (C=O) groups is 2. The Labute approximate surface area is 171 Å². The molecule has 0 unspecified atom stereocenters. The summed E-state index contributed by atoms with van der Waals surface area (Å²) in [5.74, 6) is -0.600. The van der Waals surface area contributed by atoms with Crippen molar-refractivity contribution < 1.29 is 14.0 Å². The number of hydrogen-bond donors (Lipinski definition) is 2. The van der Waals surface area contributed by atoms with Crippen molar-refractivity contribution in [1.29, 1.82) is 0 Å². The van der Waals surface area contributed by atoms with E-state index in [4.69, 9.17) is 0 Å². The monoisotopic (exact) mass is 412 g/mol. The number of thiazole rings is 1. The molecule has 0 aliphatic carbocycles. The number of hydrogen-bond acceptors (Lipinski definition) is 5. The van der Waals surface area contributed by atoms with Crippen LogP contribution < -0.4 is 10.6 Å². The zero-order chi connectivity index (χ0) is 20.2. The molecular formula is C21H21FN4O2S. The molecule has 2 N–H and O–H groups in total. The van der Waals surface area contributed by atoms with E-state index in [1.54, 1.807) is 12.1 Å². The van der Waals surface area contributed by atoms with Crippen LogP contribution in [0.4, 0.5) is 15.2 Å². The molecule has 29 heavy (non-hydrogen) atoms. The molecule has 2 aromatic carbocycles. The van der Waals surface area contributed by atoms with Crippen molar-refractivity contribution >= 4 is 44.2 Å². The number of aromatic nitrogens is 1. The summed E-state index contributed by atoms with van der Waals surface area (Å²) >= 11 is 1.46. The molecule has 4 rings (SSSR count). The quantitative estimate of drug-likeness (QED) is 0.670. The van der Waals surface area contributed by atoms with Crippen LogP contribution in [0.1, 0.15) is 12.8 Å². The first-order chi connectivity index (χ1) is 14.1. The molecule has 2 amide bonds. The van der Waals surface area contributed by atoms with Crippen LogP contribution in [-0.2, 0) is 9.59 Å². The van der Waals surface area contributed by atoms with Gasteiger partial charge in [-0.1, -0.05) is 23.5 Å². The molecule has 0 radical (unpaired) electrons. The van der Waals surface area contributed by atoms with Gasteiger partial charge in [-0.25, -0.2) is 9.37 Å². The van der Waals surface area contributed by atoms with Crippen LogP contribution >= 0.6 is 11.3 Å². The number of halogens is 1. The van der Waals surface area contributed by atoms with Crippen LogP contribution in [0, 0.1) is 11.7 Å². The second-order valence-electron chi connectivity index (χ2n) is 7.08. The molecule has 0 atom stereocenters. The summed E-state index contributed by atoms with van der Waals surface area (Å²) in [6.07, 6.45) is 1.36. The van der Waals surface area contributed by atoms with E-state index >= 15 is 0 Å². The van der Waals surface area contributed by atoms with E-state index in [0.717, 1.165) is 10.2 Å². The number of anilines is 2. The number of fused-ring (bicyclic) bond motifs is 1. The van der Waals surface area contributed by atoms with E-state index in [0.29, 0.717) is 36.8 Å². The van der Waals surface area contributed by atoms with Gasteiger partial charge in [0.2, 0.25) is 11.8 Å². The van der Waals surface area contributed by atoms with Crippen LogP contribution in [-0.4, -0.2) is 41.3 Å². The van der Waals surface area contributed by atoms with Crippen LogP contribution in [0.2, 0.25) is 0 Å². The minimum atomic E-state index is -0.333. The number of piperidine rings is 1. The van der Waals surface area contributed by atoms with Crippen LogP contribution in [0.25, 0.3) is 10.2 Å². The van der Waals surface area contributed by atoms with Crippen molar-refractivity contribution in [2.45, 2.75) is 12.8 Å². The average molecular weight is 412 g/mol. The molecule has 1 fully saturated rings. The highest BCUT2D eigenvalue weighted by molar-refractivity contribution is 7.22. The smallest absolute Gasteiger partial charge is 0.240 e. The van der Waals surface area contributed by atoms with Gasteiger partial charge < -0.3 is 10.6 Å². The maximum absolute atomic E-state index is 13.0. The minimum Gasteiger partial charge on any atom is -0.326 e. The first-order valence-electron chi connectivity index (χ1n) is 9.51. The van der Waals surface area contributed by atoms with Crippen molar-refractivity contribution in [2.75, 3.05) is 30.3 Å². The predicted octanol–water partition coefficient (Wildman–Crippen LogP) is 3.72. The second-order valence-corrected chi connectivity index (χ2v) is 8.11. The Balaban J connectivity index is 1.24. The highest BCUT2D eigenvalue weighted by Gasteiger charge is 2.26. The predicted molar refractivity (Wildman–Crippen MR) is 112 cm³/mol. The van der Waals surface area contributed by atoms with E-state index in [9.17, 15) is 14.0 Å². The molecule has 0 bridgehead atoms. The zero-order valence-electron chi connectivity index (χ0n) is 15.7. The fourth-order valence-electron chi connectivity index (χ4n) is 3.42. The number of amides is 2. The van der Waals surface area contributed by atoms with E-state index in [-0.39, 0.29) is 30.1 Å². The lowest BCUT2D eigenvalue weighted by Gasteiger charge is -2.30. The number of rotatable bonds is 5. The summed E-state index contributed by atoms with van der Waals surface area (Å²) in [4.78, 5) is 31.2. The van der Waals surface area contributed by atoms with Gasteiger partial charge in [0.1, 0.15) is 5.82 Å². The lowest BCUT2D eigenvalue weighted by molar-refractivity contribution is -0.121. The lowest BCUT2D eigenvalue weighted by atomic mass is 9.96. The van der Waals surface area contributed by atoms with Gasteiger partial charge in [0.25, 0.3) is 0 Å². The summed E-state index contributed by atoms with van der Waals surface area (Å²) in [5, 5.41) is 6.30. The van der Waals surface area contributed by atoms with Crippen molar-refractivity contribution in [3.63, 3.8) is 0 Å². The largest absolute Gasteiger partial charge is 0.326 e. The van der Waals surface area contributed by atoms with Crippen LogP contribution in [0.15, 0.2) is 48.5 Å². The summed E-state index contributed by atoms with van der Waals surface area (Å²) in [5.41, 5.74) is 1.47. The van der Waals surface area contributed by atoms with Gasteiger partial charge in [-0.2, -0.15) is 0 Å². The molecule has 8 heteroatoms. The van der Waals surface area contributed by atoms with Gasteiger partial charge in [-0.05, 0) is 62.3 Å². The van der Waals surface area contributed by atoms with Gasteiger partial charge in [-0.3, -0.25) is 14.5 Å². The Hall–Kier alpha value is -2.84. The first kappa shape index (κ1) is 19.5. The van der Waals surface area contributed by atoms with Crippen molar-refractivity contribution in [2.24, 2.45) is 5.92 Å². The number of nitrogens with zero attached hydrogens (tertiary/aromatic N) is 2. The highest BCUT2D eigenvalue weighted by Crippen LogP contribution is 2.25. The van der Waals surface area contributed by atoms with Gasteiger partial charge in [0.15, 0.2) is 5.13 Å². The van der Waals surface area contributed by atoms with E-state index in [1.807, 2.05) is 29.2 Å². The summed E-state index contributed by atoms with van der Waals surface area (Å²) in [6.45, 7) is 1.63. The van der Waals surface area contributed by atoms with Gasteiger partial charge >= 0.3 is 0 Å². The SMILES string of the molecule is O=C(CN1CCC(C(=O)Nc2ccc(F)cc2)CC1)Nc1nc2ccccc2s1. The number of nitrogens with one attached hydrogen (secondary N) is 2. The van der Waals surface area contributed by atoms with E-state index in [1.165, 1.54) is 23.5 Å². The standard InChI is InChI=1S/C21H21FN4O2S/c22-15-5-7-16(8-6-15)23-20(28)14-9-11-26(12-10-14)13-19(27)25-21-24-17-3-1-2-4-18(17)29-21/h1-8,14H,9-13H2,(H,23,28)(H,24,25,27). The van der Waals surface area contributed by atoms with Crippen molar-refractivity contribution in [3.05, 3.63) is 54.3 Å². The molecule has 3 aromatic rings.